The second-order valence-corrected chi connectivity index (χ2v) is 7.73. The van der Waals surface area contributed by atoms with Gasteiger partial charge < -0.3 is 14.8 Å². The Hall–Kier alpha value is -3.74. The van der Waals surface area contributed by atoms with Crippen LogP contribution in [0, 0.1) is 0 Å². The van der Waals surface area contributed by atoms with Gasteiger partial charge in [-0.3, -0.25) is 0 Å². The van der Waals surface area contributed by atoms with E-state index in [2.05, 4.69) is 32.4 Å². The number of para-hydroxylation sites is 1. The number of fused-ring (bicyclic) bond motifs is 2. The van der Waals surface area contributed by atoms with Crippen LogP contribution in [0.3, 0.4) is 0 Å². The van der Waals surface area contributed by atoms with Crippen molar-refractivity contribution in [2.24, 2.45) is 0 Å². The molecule has 0 unspecified atom stereocenters. The van der Waals surface area contributed by atoms with E-state index in [1.807, 2.05) is 42.6 Å². The Balaban J connectivity index is 1.50. The van der Waals surface area contributed by atoms with Crippen LogP contribution in [-0.4, -0.2) is 33.1 Å². The van der Waals surface area contributed by atoms with E-state index >= 15 is 0 Å². The largest absolute Gasteiger partial charge is 0.491 e. The quantitative estimate of drug-likeness (QED) is 0.366. The molecule has 7 nitrogen and oxygen atoms in total. The first-order chi connectivity index (χ1) is 15.9. The molecular formula is C25H25N5O2. The van der Waals surface area contributed by atoms with Crippen molar-refractivity contribution in [2.75, 3.05) is 18.5 Å². The molecule has 4 aromatic rings. The molecule has 32 heavy (non-hydrogen) atoms. The summed E-state index contributed by atoms with van der Waals surface area (Å²) in [6.45, 7) is 1.25. The molecule has 1 aliphatic heterocycles. The van der Waals surface area contributed by atoms with Gasteiger partial charge in [0.25, 0.3) is 0 Å². The smallest absolute Gasteiger partial charge is 0.227 e. The molecule has 2 aromatic carbocycles. The number of rotatable bonds is 0. The summed E-state index contributed by atoms with van der Waals surface area (Å²) < 4.78 is 12.0. The van der Waals surface area contributed by atoms with E-state index in [9.17, 15) is 0 Å². The fraction of sp³-hybridized carbons (Fsp3) is 0.280. The Morgan fingerprint density at radius 1 is 0.844 bits per heavy atom. The van der Waals surface area contributed by atoms with Crippen LogP contribution in [0.25, 0.3) is 21.8 Å². The summed E-state index contributed by atoms with van der Waals surface area (Å²) in [6.07, 6.45) is 12.9. The minimum absolute atomic E-state index is 0.506. The molecule has 0 fully saturated rings. The molecule has 7 heteroatoms. The van der Waals surface area contributed by atoms with Crippen molar-refractivity contribution in [2.45, 2.75) is 32.1 Å². The first-order valence-corrected chi connectivity index (χ1v) is 11.0. The van der Waals surface area contributed by atoms with Crippen LogP contribution in [0.15, 0.2) is 61.1 Å². The molecule has 0 saturated heterocycles. The number of allylic oxidation sites excluding steroid dienone is 1. The number of anilines is 2. The number of ether oxygens (including phenoxy) is 2. The Morgan fingerprint density at radius 2 is 1.81 bits per heavy atom. The summed E-state index contributed by atoms with van der Waals surface area (Å²) in [4.78, 5) is 17.9. The summed E-state index contributed by atoms with van der Waals surface area (Å²) >= 11 is 0. The molecule has 0 spiro atoms. The maximum absolute atomic E-state index is 6.07. The summed E-state index contributed by atoms with van der Waals surface area (Å²) in [7, 11) is 0. The van der Waals surface area contributed by atoms with Gasteiger partial charge in [0, 0.05) is 17.3 Å². The van der Waals surface area contributed by atoms with E-state index in [0.29, 0.717) is 25.0 Å². The zero-order valence-electron chi connectivity index (χ0n) is 17.8. The molecule has 0 radical (unpaired) electrons. The van der Waals surface area contributed by atoms with Gasteiger partial charge >= 0.3 is 0 Å². The number of hydrogen-bond donors (Lipinski definition) is 1. The molecule has 1 aliphatic rings. The SMILES string of the molecule is C1=CCCOc2ncnc3ccc(cc23)Nc2ncc3cccc(c3n2)OCCCCC1. The third kappa shape index (κ3) is 4.61. The fourth-order valence-electron chi connectivity index (χ4n) is 3.74. The minimum atomic E-state index is 0.506. The molecule has 2 aromatic heterocycles. The predicted molar refractivity (Wildman–Crippen MR) is 126 cm³/mol. The van der Waals surface area contributed by atoms with Gasteiger partial charge in [-0.05, 0) is 56.4 Å². The molecule has 3 heterocycles. The molecule has 0 amide bonds. The van der Waals surface area contributed by atoms with Gasteiger partial charge in [0.05, 0.1) is 24.1 Å². The van der Waals surface area contributed by atoms with Crippen molar-refractivity contribution >= 4 is 33.4 Å². The van der Waals surface area contributed by atoms with Crippen LogP contribution in [0.4, 0.5) is 11.6 Å². The van der Waals surface area contributed by atoms with E-state index in [-0.39, 0.29) is 0 Å². The lowest BCUT2D eigenvalue weighted by molar-refractivity contribution is 0.308. The average Bonchev–Trinajstić information content (AvgIpc) is 2.82. The highest BCUT2D eigenvalue weighted by atomic mass is 16.5. The normalized spacial score (nSPS) is 15.2. The number of nitrogens with one attached hydrogen (secondary N) is 1. The van der Waals surface area contributed by atoms with Crippen molar-refractivity contribution in [3.8, 4) is 11.6 Å². The van der Waals surface area contributed by atoms with Gasteiger partial charge in [0.1, 0.15) is 17.6 Å². The highest BCUT2D eigenvalue weighted by molar-refractivity contribution is 5.88. The second-order valence-electron chi connectivity index (χ2n) is 7.73. The Kier molecular flexibility index (Phi) is 6.05. The highest BCUT2D eigenvalue weighted by Gasteiger charge is 2.10. The van der Waals surface area contributed by atoms with Crippen molar-refractivity contribution in [3.63, 3.8) is 0 Å². The average molecular weight is 428 g/mol. The van der Waals surface area contributed by atoms with Crippen LogP contribution in [0.1, 0.15) is 32.1 Å². The maximum Gasteiger partial charge on any atom is 0.227 e. The van der Waals surface area contributed by atoms with Crippen LogP contribution in [-0.2, 0) is 0 Å². The van der Waals surface area contributed by atoms with Gasteiger partial charge in [-0.15, -0.1) is 0 Å². The third-order valence-corrected chi connectivity index (χ3v) is 5.39. The topological polar surface area (TPSA) is 82.1 Å². The molecule has 162 valence electrons. The Morgan fingerprint density at radius 3 is 2.81 bits per heavy atom. The summed E-state index contributed by atoms with van der Waals surface area (Å²) in [5.41, 5.74) is 2.47. The zero-order chi connectivity index (χ0) is 21.6. The Bertz CT molecular complexity index is 1260. The second kappa shape index (κ2) is 9.60. The van der Waals surface area contributed by atoms with Gasteiger partial charge in [0.2, 0.25) is 11.8 Å². The first kappa shape index (κ1) is 20.2. The predicted octanol–water partition coefficient (Wildman–Crippen LogP) is 5.59. The molecule has 5 rings (SSSR count). The van der Waals surface area contributed by atoms with E-state index in [1.165, 1.54) is 6.33 Å². The van der Waals surface area contributed by atoms with Crippen molar-refractivity contribution in [3.05, 3.63) is 61.1 Å². The lowest BCUT2D eigenvalue weighted by Gasteiger charge is -2.11. The molecule has 1 N–H and O–H groups in total. The van der Waals surface area contributed by atoms with Gasteiger partial charge in [0.15, 0.2) is 0 Å². The highest BCUT2D eigenvalue weighted by Crippen LogP contribution is 2.28. The summed E-state index contributed by atoms with van der Waals surface area (Å²) in [6, 6.07) is 11.8. The number of aromatic nitrogens is 4. The van der Waals surface area contributed by atoms with Crippen LogP contribution < -0.4 is 14.8 Å². The maximum atomic E-state index is 6.07. The Labute approximate surface area is 186 Å². The van der Waals surface area contributed by atoms with E-state index in [0.717, 1.165) is 65.3 Å². The monoisotopic (exact) mass is 427 g/mol. The zero-order valence-corrected chi connectivity index (χ0v) is 17.8. The van der Waals surface area contributed by atoms with Crippen molar-refractivity contribution in [1.82, 2.24) is 19.9 Å². The lowest BCUT2D eigenvalue weighted by atomic mass is 10.2. The number of benzene rings is 2. The summed E-state index contributed by atoms with van der Waals surface area (Å²) in [5.74, 6) is 1.87. The number of nitrogens with zero attached hydrogens (tertiary/aromatic N) is 4. The standard InChI is InChI=1S/C25H25N5O2/c1-2-4-6-13-31-22-10-8-9-18-16-26-25(30-23(18)22)29-19-11-12-21-20(15-19)24(28-17-27-21)32-14-7-5-3-1/h3,5,8-12,15-17H,1-2,4,6-7,13-14H2,(H,26,29,30). The van der Waals surface area contributed by atoms with Crippen LogP contribution in [0.5, 0.6) is 11.6 Å². The van der Waals surface area contributed by atoms with Crippen molar-refractivity contribution in [1.29, 1.82) is 0 Å². The minimum Gasteiger partial charge on any atom is -0.491 e. The van der Waals surface area contributed by atoms with Crippen molar-refractivity contribution < 1.29 is 9.47 Å². The molecule has 0 atom stereocenters. The van der Waals surface area contributed by atoms with Crippen LogP contribution in [0.2, 0.25) is 0 Å². The van der Waals surface area contributed by atoms with E-state index in [1.54, 1.807) is 0 Å². The van der Waals surface area contributed by atoms with Crippen LogP contribution >= 0.6 is 0 Å². The molecule has 0 aliphatic carbocycles. The fourth-order valence-corrected chi connectivity index (χ4v) is 3.74. The van der Waals surface area contributed by atoms with E-state index < -0.39 is 0 Å². The number of hydrogen-bond acceptors (Lipinski definition) is 7. The molecular weight excluding hydrogens is 402 g/mol. The summed E-state index contributed by atoms with van der Waals surface area (Å²) in [5, 5.41) is 5.09. The molecule has 0 saturated carbocycles. The van der Waals surface area contributed by atoms with Gasteiger partial charge in [-0.1, -0.05) is 24.3 Å². The lowest BCUT2D eigenvalue weighted by Crippen LogP contribution is -2.02. The first-order valence-electron chi connectivity index (χ1n) is 11.0. The van der Waals surface area contributed by atoms with Gasteiger partial charge in [-0.2, -0.15) is 0 Å². The molecule has 4 bridgehead atoms. The van der Waals surface area contributed by atoms with E-state index in [4.69, 9.17) is 14.5 Å². The third-order valence-electron chi connectivity index (χ3n) is 5.39. The van der Waals surface area contributed by atoms with Gasteiger partial charge in [-0.25, -0.2) is 19.9 Å².